The highest BCUT2D eigenvalue weighted by atomic mass is 79.9. The molecular weight excluding hydrogens is 337 g/mol. The van der Waals surface area contributed by atoms with E-state index in [1.807, 2.05) is 12.1 Å². The summed E-state index contributed by atoms with van der Waals surface area (Å²) in [5, 5.41) is 10.9. The minimum atomic E-state index is 0.0928. The van der Waals surface area contributed by atoms with Crippen molar-refractivity contribution in [2.45, 2.75) is 0 Å². The predicted molar refractivity (Wildman–Crippen MR) is 79.5 cm³/mol. The average Bonchev–Trinajstić information content (AvgIpc) is 2.33. The maximum atomic E-state index is 9.84. The van der Waals surface area contributed by atoms with Gasteiger partial charge in [-0.25, -0.2) is 0 Å². The summed E-state index contributed by atoms with van der Waals surface area (Å²) >= 11 is 15.1. The molecule has 0 heterocycles. The Morgan fingerprint density at radius 2 is 1.89 bits per heavy atom. The Hall–Kier alpha value is -1.03. The number of para-hydroxylation sites is 1. The van der Waals surface area contributed by atoms with Crippen LogP contribution < -0.4 is 0 Å². The molecule has 5 heteroatoms. The molecule has 0 bridgehead atoms. The summed E-state index contributed by atoms with van der Waals surface area (Å²) in [6, 6.07) is 10.4. The van der Waals surface area contributed by atoms with E-state index >= 15 is 0 Å². The molecule has 18 heavy (non-hydrogen) atoms. The fraction of sp³-hybridized carbons (Fsp3) is 0. The summed E-state index contributed by atoms with van der Waals surface area (Å²) in [5.74, 6) is 0.0928. The van der Waals surface area contributed by atoms with Gasteiger partial charge in [-0.3, -0.25) is 4.99 Å². The molecule has 92 valence electrons. The van der Waals surface area contributed by atoms with Crippen LogP contribution in [0.5, 0.6) is 5.75 Å². The normalized spacial score (nSPS) is 11.1. The summed E-state index contributed by atoms with van der Waals surface area (Å²) in [4.78, 5) is 4.22. The second kappa shape index (κ2) is 5.74. The SMILES string of the molecule is Oc1c(Br)cc(Cl)cc1C=Nc1ccccc1Cl. The summed E-state index contributed by atoms with van der Waals surface area (Å²) < 4.78 is 0.524. The average molecular weight is 345 g/mol. The summed E-state index contributed by atoms with van der Waals surface area (Å²) in [6.45, 7) is 0. The van der Waals surface area contributed by atoms with Crippen LogP contribution in [0.4, 0.5) is 5.69 Å². The molecule has 0 atom stereocenters. The third kappa shape index (κ3) is 3.05. The van der Waals surface area contributed by atoms with Crippen LogP contribution in [0.2, 0.25) is 10.0 Å². The van der Waals surface area contributed by atoms with Gasteiger partial charge in [-0.05, 0) is 40.2 Å². The van der Waals surface area contributed by atoms with Gasteiger partial charge in [0.1, 0.15) is 5.75 Å². The number of halogens is 3. The third-order valence-corrected chi connectivity index (χ3v) is 3.40. The standard InChI is InChI=1S/C13H8BrCl2NO/c14-10-6-9(15)5-8(13(10)18)7-17-12-4-2-1-3-11(12)16/h1-7,18H. The van der Waals surface area contributed by atoms with Crippen molar-refractivity contribution in [3.05, 3.63) is 56.5 Å². The van der Waals surface area contributed by atoms with Crippen molar-refractivity contribution in [3.8, 4) is 5.75 Å². The highest BCUT2D eigenvalue weighted by Crippen LogP contribution is 2.31. The topological polar surface area (TPSA) is 32.6 Å². The third-order valence-electron chi connectivity index (χ3n) is 2.25. The van der Waals surface area contributed by atoms with Crippen LogP contribution in [-0.2, 0) is 0 Å². The molecule has 2 nitrogen and oxygen atoms in total. The molecule has 2 rings (SSSR count). The number of benzene rings is 2. The van der Waals surface area contributed by atoms with Gasteiger partial charge in [-0.1, -0.05) is 35.3 Å². The number of aliphatic imine (C=N–C) groups is 1. The zero-order valence-electron chi connectivity index (χ0n) is 9.07. The van der Waals surface area contributed by atoms with Gasteiger partial charge >= 0.3 is 0 Å². The van der Waals surface area contributed by atoms with Gasteiger partial charge in [0.25, 0.3) is 0 Å². The zero-order valence-corrected chi connectivity index (χ0v) is 12.2. The van der Waals surface area contributed by atoms with Crippen molar-refractivity contribution in [2.24, 2.45) is 4.99 Å². The van der Waals surface area contributed by atoms with Crippen molar-refractivity contribution in [2.75, 3.05) is 0 Å². The van der Waals surface area contributed by atoms with Crippen LogP contribution in [0.3, 0.4) is 0 Å². The van der Waals surface area contributed by atoms with Crippen molar-refractivity contribution in [3.63, 3.8) is 0 Å². The largest absolute Gasteiger partial charge is 0.506 e. The smallest absolute Gasteiger partial charge is 0.138 e. The molecule has 0 aliphatic heterocycles. The van der Waals surface area contributed by atoms with E-state index < -0.39 is 0 Å². The molecule has 1 N–H and O–H groups in total. The summed E-state index contributed by atoms with van der Waals surface area (Å²) in [5.41, 5.74) is 1.16. The Morgan fingerprint density at radius 3 is 2.61 bits per heavy atom. The first-order valence-electron chi connectivity index (χ1n) is 5.04. The number of hydrogen-bond donors (Lipinski definition) is 1. The Bertz CT molecular complexity index is 614. The Morgan fingerprint density at radius 1 is 1.17 bits per heavy atom. The van der Waals surface area contributed by atoms with Crippen LogP contribution in [0, 0.1) is 0 Å². The summed E-state index contributed by atoms with van der Waals surface area (Å²) in [7, 11) is 0. The van der Waals surface area contributed by atoms with Crippen LogP contribution in [0.25, 0.3) is 0 Å². The van der Waals surface area contributed by atoms with Crippen molar-refractivity contribution >= 4 is 51.0 Å². The van der Waals surface area contributed by atoms with Gasteiger partial charge < -0.3 is 5.11 Å². The highest BCUT2D eigenvalue weighted by Gasteiger charge is 2.05. The molecule has 0 fully saturated rings. The molecule has 0 amide bonds. The maximum Gasteiger partial charge on any atom is 0.138 e. The van der Waals surface area contributed by atoms with Gasteiger partial charge in [0.2, 0.25) is 0 Å². The Kier molecular flexibility index (Phi) is 4.27. The Labute approximate surface area is 123 Å². The van der Waals surface area contributed by atoms with E-state index in [0.29, 0.717) is 25.8 Å². The van der Waals surface area contributed by atoms with E-state index in [1.54, 1.807) is 24.3 Å². The number of hydrogen-bond acceptors (Lipinski definition) is 2. The molecule has 0 saturated heterocycles. The lowest BCUT2D eigenvalue weighted by Crippen LogP contribution is -1.84. The summed E-state index contributed by atoms with van der Waals surface area (Å²) in [6.07, 6.45) is 1.52. The van der Waals surface area contributed by atoms with Gasteiger partial charge in [0.15, 0.2) is 0 Å². The molecule has 0 saturated carbocycles. The first kappa shape index (κ1) is 13.4. The fourth-order valence-electron chi connectivity index (χ4n) is 1.38. The number of aromatic hydroxyl groups is 1. The predicted octanol–water partition coefficient (Wildman–Crippen LogP) is 5.21. The molecule has 0 aliphatic rings. The molecule has 0 radical (unpaired) electrons. The molecule has 2 aromatic rings. The highest BCUT2D eigenvalue weighted by molar-refractivity contribution is 9.10. The number of phenolic OH excluding ortho intramolecular Hbond substituents is 1. The molecule has 0 spiro atoms. The van der Waals surface area contributed by atoms with Crippen LogP contribution in [0.15, 0.2) is 45.9 Å². The molecule has 0 aromatic heterocycles. The van der Waals surface area contributed by atoms with E-state index in [1.165, 1.54) is 6.21 Å². The van der Waals surface area contributed by atoms with E-state index in [9.17, 15) is 5.11 Å². The van der Waals surface area contributed by atoms with Gasteiger partial charge in [-0.2, -0.15) is 0 Å². The van der Waals surface area contributed by atoms with Gasteiger partial charge in [0.05, 0.1) is 15.2 Å². The fourth-order valence-corrected chi connectivity index (χ4v) is 2.40. The van der Waals surface area contributed by atoms with E-state index in [-0.39, 0.29) is 5.75 Å². The van der Waals surface area contributed by atoms with E-state index in [4.69, 9.17) is 23.2 Å². The quantitative estimate of drug-likeness (QED) is 0.745. The van der Waals surface area contributed by atoms with Crippen molar-refractivity contribution < 1.29 is 5.11 Å². The zero-order chi connectivity index (χ0) is 13.1. The van der Waals surface area contributed by atoms with Crippen LogP contribution in [-0.4, -0.2) is 11.3 Å². The molecule has 0 unspecified atom stereocenters. The van der Waals surface area contributed by atoms with Crippen LogP contribution in [0.1, 0.15) is 5.56 Å². The first-order chi connectivity index (χ1) is 8.58. The molecular formula is C13H8BrCl2NO. The van der Waals surface area contributed by atoms with E-state index in [2.05, 4.69) is 20.9 Å². The second-order valence-corrected chi connectivity index (χ2v) is 5.23. The lowest BCUT2D eigenvalue weighted by atomic mass is 10.2. The minimum absolute atomic E-state index is 0.0928. The van der Waals surface area contributed by atoms with Gasteiger partial charge in [-0.15, -0.1) is 0 Å². The van der Waals surface area contributed by atoms with Crippen LogP contribution >= 0.6 is 39.1 Å². The molecule has 2 aromatic carbocycles. The first-order valence-corrected chi connectivity index (χ1v) is 6.59. The number of phenols is 1. The maximum absolute atomic E-state index is 9.84. The second-order valence-electron chi connectivity index (χ2n) is 3.54. The van der Waals surface area contributed by atoms with Gasteiger partial charge in [0, 0.05) is 16.8 Å². The minimum Gasteiger partial charge on any atom is -0.506 e. The Balaban J connectivity index is 2.38. The van der Waals surface area contributed by atoms with E-state index in [0.717, 1.165) is 0 Å². The lowest BCUT2D eigenvalue weighted by Gasteiger charge is -2.03. The monoisotopic (exact) mass is 343 g/mol. The number of nitrogens with zero attached hydrogens (tertiary/aromatic N) is 1. The number of rotatable bonds is 2. The van der Waals surface area contributed by atoms with Crippen molar-refractivity contribution in [1.29, 1.82) is 0 Å². The lowest BCUT2D eigenvalue weighted by molar-refractivity contribution is 0.471. The van der Waals surface area contributed by atoms with Crippen molar-refractivity contribution in [1.82, 2.24) is 0 Å². The molecule has 0 aliphatic carbocycles.